The molecule has 1 unspecified atom stereocenters. The molecule has 9 aromatic rings. The van der Waals surface area contributed by atoms with Gasteiger partial charge in [-0.05, 0) is 24.3 Å². The number of likely N-dealkylation sites (N-methyl/N-ethyl adjacent to an activating group) is 1. The number of ether oxygens (including phenoxy) is 2. The van der Waals surface area contributed by atoms with Gasteiger partial charge in [-0.1, -0.05) is 0 Å². The standard InChI is InChI=1S/C46H20F18N5O4/c1-69(2,3)8-9-70-46-40-14(18-22(47)28(53)34(59)29(54)23(18)48)10-4-5-12(65-10)16-20-26(51)32(57)36(61)38(63)41(20)71-44(16)68-45-17(21-27(52)33(58)37(62)39(64)42(21)72-45)13-7-6-11(66-13)15(43(67-40)73-46)19-24(49)30(55)35(60)31(56)25(19)50/h4-7,46,65-66H,8-9H2,1-3H3/q+1. The maximum absolute atomic E-state index is 16.2. The van der Waals surface area contributed by atoms with E-state index in [-0.39, 0.29) is 11.0 Å². The number of hydrogen-bond donors (Lipinski definition) is 2. The summed E-state index contributed by atoms with van der Waals surface area (Å²) in [6.45, 7) is -0.567. The third-order valence-electron chi connectivity index (χ3n) is 11.5. The molecule has 378 valence electrons. The van der Waals surface area contributed by atoms with Crippen LogP contribution in [0.15, 0.2) is 33.1 Å². The van der Waals surface area contributed by atoms with Crippen LogP contribution in [0.1, 0.15) is 12.0 Å². The summed E-state index contributed by atoms with van der Waals surface area (Å²) in [5.41, 5.74) is -16.9. The summed E-state index contributed by atoms with van der Waals surface area (Å²) in [7, 11) is 4.83. The van der Waals surface area contributed by atoms with Crippen LogP contribution >= 0.6 is 0 Å². The fourth-order valence-electron chi connectivity index (χ4n) is 8.08. The number of hydrogen-bond acceptors (Lipinski definition) is 6. The summed E-state index contributed by atoms with van der Waals surface area (Å²) in [5.74, 6) is -46.8. The van der Waals surface area contributed by atoms with Crippen LogP contribution in [-0.4, -0.2) is 58.7 Å². The molecule has 0 fully saturated rings. The smallest absolute Gasteiger partial charge is 0.246 e. The van der Waals surface area contributed by atoms with Gasteiger partial charge in [0.15, 0.2) is 81.0 Å². The Balaban J connectivity index is 1.53. The van der Waals surface area contributed by atoms with Crippen molar-refractivity contribution in [2.75, 3.05) is 34.3 Å². The highest BCUT2D eigenvalue weighted by atomic mass is 19.2. The zero-order valence-electron chi connectivity index (χ0n) is 36.1. The Morgan fingerprint density at radius 3 is 1.21 bits per heavy atom. The normalized spacial score (nSPS) is 13.7. The number of nitrogens with zero attached hydrogens (tertiary/aromatic N) is 3. The Morgan fingerprint density at radius 2 is 0.781 bits per heavy atom. The number of benzene rings is 4. The molecule has 1 atom stereocenters. The molecule has 4 aromatic carbocycles. The molecule has 0 aliphatic carbocycles. The second-order valence-corrected chi connectivity index (χ2v) is 16.9. The molecule has 2 N–H and O–H groups in total. The number of furan rings is 2. The van der Waals surface area contributed by atoms with Gasteiger partial charge in [0.05, 0.1) is 75.9 Å². The number of fused-ring (bicyclic) bond motifs is 14. The third kappa shape index (κ3) is 7.20. The maximum atomic E-state index is 16.2. The zero-order valence-corrected chi connectivity index (χ0v) is 36.1. The lowest BCUT2D eigenvalue weighted by atomic mass is 10.0. The third-order valence-corrected chi connectivity index (χ3v) is 11.5. The number of quaternary nitrogens is 1. The van der Waals surface area contributed by atoms with Crippen LogP contribution in [0, 0.1) is 105 Å². The van der Waals surface area contributed by atoms with Crippen LogP contribution in [-0.2, 0) is 4.74 Å². The Bertz CT molecular complexity index is 4050. The lowest BCUT2D eigenvalue weighted by molar-refractivity contribution is -0.871. The van der Waals surface area contributed by atoms with Crippen molar-refractivity contribution < 1.29 is 102 Å². The van der Waals surface area contributed by atoms with Crippen LogP contribution in [0.4, 0.5) is 79.0 Å². The van der Waals surface area contributed by atoms with Crippen LogP contribution in [0.3, 0.4) is 0 Å². The lowest BCUT2D eigenvalue weighted by Crippen LogP contribution is -2.38. The molecule has 0 spiro atoms. The Hall–Kier alpha value is -7.94. The molecular formula is C46H20F18N5O4+. The van der Waals surface area contributed by atoms with E-state index in [0.717, 1.165) is 6.07 Å². The van der Waals surface area contributed by atoms with Crippen molar-refractivity contribution in [3.63, 3.8) is 0 Å². The average molecular weight is 1050 g/mol. The molecule has 9 nitrogen and oxygen atoms in total. The quantitative estimate of drug-likeness (QED) is 0.0744. The van der Waals surface area contributed by atoms with Crippen molar-refractivity contribution in [3.05, 3.63) is 135 Å². The van der Waals surface area contributed by atoms with Crippen LogP contribution < -0.4 is 4.74 Å². The van der Waals surface area contributed by atoms with Gasteiger partial charge in [-0.15, -0.1) is 0 Å². The van der Waals surface area contributed by atoms with E-state index in [4.69, 9.17) is 18.3 Å². The summed E-state index contributed by atoms with van der Waals surface area (Å²) < 4.78 is 300. The van der Waals surface area contributed by atoms with E-state index < -0.39 is 218 Å². The van der Waals surface area contributed by atoms with Gasteiger partial charge in [0, 0.05) is 11.1 Å². The summed E-state index contributed by atoms with van der Waals surface area (Å²) in [5, 5.41) is -4.89. The summed E-state index contributed by atoms with van der Waals surface area (Å²) >= 11 is 0. The molecule has 0 radical (unpaired) electrons. The first kappa shape index (κ1) is 48.7. The van der Waals surface area contributed by atoms with Crippen LogP contribution in [0.25, 0.3) is 88.5 Å². The van der Waals surface area contributed by atoms with E-state index in [0.29, 0.717) is 18.2 Å². The van der Waals surface area contributed by atoms with E-state index in [1.54, 1.807) is 21.1 Å². The predicted octanol–water partition coefficient (Wildman–Crippen LogP) is 13.4. The van der Waals surface area contributed by atoms with Gasteiger partial charge >= 0.3 is 0 Å². The molecule has 1 aliphatic heterocycles. The van der Waals surface area contributed by atoms with Gasteiger partial charge in [0.25, 0.3) is 0 Å². The Morgan fingerprint density at radius 1 is 0.425 bits per heavy atom. The fraction of sp³-hybridized carbons (Fsp3) is 0.130. The molecule has 0 amide bonds. The van der Waals surface area contributed by atoms with Crippen LogP contribution in [0.5, 0.6) is 5.88 Å². The summed E-state index contributed by atoms with van der Waals surface area (Å²) in [6, 6.07) is 2.80. The highest BCUT2D eigenvalue weighted by molar-refractivity contribution is 6.15. The minimum absolute atomic E-state index is 0.0387. The predicted molar refractivity (Wildman–Crippen MR) is 218 cm³/mol. The van der Waals surface area contributed by atoms with Crippen molar-refractivity contribution in [2.45, 2.75) is 6.29 Å². The van der Waals surface area contributed by atoms with E-state index in [2.05, 4.69) is 19.9 Å². The molecular weight excluding hydrogens is 1030 g/mol. The first-order valence-corrected chi connectivity index (χ1v) is 20.3. The van der Waals surface area contributed by atoms with Gasteiger partial charge in [-0.25, -0.2) is 75.2 Å². The minimum atomic E-state index is -2.72. The molecule has 10 rings (SSSR count). The molecule has 0 saturated heterocycles. The second-order valence-electron chi connectivity index (χ2n) is 16.9. The van der Waals surface area contributed by atoms with Crippen molar-refractivity contribution in [1.82, 2.24) is 19.9 Å². The van der Waals surface area contributed by atoms with Gasteiger partial charge in [0.2, 0.25) is 58.5 Å². The van der Waals surface area contributed by atoms with E-state index in [1.165, 1.54) is 0 Å². The fourth-order valence-corrected chi connectivity index (χ4v) is 8.08. The molecule has 27 heteroatoms. The monoisotopic (exact) mass is 1050 g/mol. The number of nitrogens with one attached hydrogen (secondary N) is 2. The van der Waals surface area contributed by atoms with Crippen LogP contribution in [0.2, 0.25) is 0 Å². The number of rotatable bonds is 6. The molecule has 1 aliphatic rings. The van der Waals surface area contributed by atoms with Gasteiger partial charge in [-0.3, -0.25) is 0 Å². The lowest BCUT2D eigenvalue weighted by Gasteiger charge is -2.24. The Kier molecular flexibility index (Phi) is 11.2. The molecule has 6 bridgehead atoms. The maximum Gasteiger partial charge on any atom is 0.246 e. The Labute approximate surface area is 391 Å². The summed E-state index contributed by atoms with van der Waals surface area (Å²) in [4.78, 5) is 12.6. The summed E-state index contributed by atoms with van der Waals surface area (Å²) in [6.07, 6.45) is -2.39. The first-order chi connectivity index (χ1) is 34.3. The van der Waals surface area contributed by atoms with Gasteiger partial charge in [-0.2, -0.15) is 13.8 Å². The average Bonchev–Trinajstić information content (AvgIpc) is 4.21. The highest BCUT2D eigenvalue weighted by Gasteiger charge is 2.38. The van der Waals surface area contributed by atoms with Crippen molar-refractivity contribution in [2.24, 2.45) is 0 Å². The van der Waals surface area contributed by atoms with Crippen molar-refractivity contribution >= 4 is 66.2 Å². The number of aromatic nitrogens is 4. The van der Waals surface area contributed by atoms with Crippen molar-refractivity contribution in [1.29, 1.82) is 0 Å². The number of halogens is 18. The van der Waals surface area contributed by atoms with E-state index >= 15 is 61.5 Å². The van der Waals surface area contributed by atoms with Gasteiger partial charge < -0.3 is 32.8 Å². The van der Waals surface area contributed by atoms with Crippen molar-refractivity contribution in [3.8, 4) is 28.1 Å². The topological polar surface area (TPSA) is 102 Å². The zero-order chi connectivity index (χ0) is 52.8. The van der Waals surface area contributed by atoms with E-state index in [9.17, 15) is 17.6 Å². The SMILES string of the molecule is C[N+](C)(C)CCOC1Oc2nc1c(-c1c(F)c(F)c(F)c(F)c1F)c1ccc([nH]1)c1c(nc3oc4c(F)c(F)c(F)c(F)c4c3c3ccc([nH]3)c2-c2c(F)c(F)c(F)c(F)c2F)oc2c(F)c(F)c(F)c(F)c21. The molecule has 0 saturated carbocycles. The molecule has 5 aromatic heterocycles. The largest absolute Gasteiger partial charge is 0.441 e. The minimum Gasteiger partial charge on any atom is -0.441 e. The molecule has 73 heavy (non-hydrogen) atoms. The van der Waals surface area contributed by atoms with Gasteiger partial charge in [0.1, 0.15) is 18.8 Å². The number of aromatic amines is 2. The highest BCUT2D eigenvalue weighted by Crippen LogP contribution is 2.47. The second kappa shape index (κ2) is 16.8. The van der Waals surface area contributed by atoms with E-state index in [1.807, 2.05) is 0 Å². The number of H-pyrrole nitrogens is 2. The molecule has 6 heterocycles. The first-order valence-electron chi connectivity index (χ1n) is 20.3.